The topological polar surface area (TPSA) is 115 Å². The molecule has 2 heterocycles. The molecular formula is C21H17N7O2. The zero-order valence-electron chi connectivity index (χ0n) is 15.8. The van der Waals surface area contributed by atoms with Gasteiger partial charge in [-0.1, -0.05) is 18.2 Å². The molecule has 1 saturated carbocycles. The van der Waals surface area contributed by atoms with E-state index in [2.05, 4.69) is 31.4 Å². The summed E-state index contributed by atoms with van der Waals surface area (Å²) in [4.78, 5) is 29.9. The van der Waals surface area contributed by atoms with Crippen LogP contribution >= 0.6 is 0 Å². The first-order valence-corrected chi connectivity index (χ1v) is 9.53. The molecule has 148 valence electrons. The van der Waals surface area contributed by atoms with Crippen molar-refractivity contribution in [2.45, 2.75) is 18.8 Å². The lowest BCUT2D eigenvalue weighted by Crippen LogP contribution is -2.41. The summed E-state index contributed by atoms with van der Waals surface area (Å²) in [5, 5.41) is 11.7. The second kappa shape index (κ2) is 7.36. The average molecular weight is 399 g/mol. The maximum atomic E-state index is 12.8. The molecule has 0 spiro atoms. The molecule has 4 aromatic rings. The largest absolute Gasteiger partial charge is 0.270 e. The van der Waals surface area contributed by atoms with Gasteiger partial charge < -0.3 is 0 Å². The summed E-state index contributed by atoms with van der Waals surface area (Å²) in [7, 11) is 0. The number of tetrazole rings is 1. The third kappa shape index (κ3) is 3.48. The van der Waals surface area contributed by atoms with Gasteiger partial charge in [-0.3, -0.25) is 25.4 Å². The van der Waals surface area contributed by atoms with Gasteiger partial charge in [0.2, 0.25) is 0 Å². The van der Waals surface area contributed by atoms with Gasteiger partial charge in [0.25, 0.3) is 11.8 Å². The van der Waals surface area contributed by atoms with E-state index >= 15 is 0 Å². The van der Waals surface area contributed by atoms with Crippen LogP contribution in [0.4, 0.5) is 0 Å². The summed E-state index contributed by atoms with van der Waals surface area (Å²) in [6.45, 7) is 0. The minimum absolute atomic E-state index is 0.380. The Morgan fingerprint density at radius 1 is 0.967 bits per heavy atom. The van der Waals surface area contributed by atoms with E-state index in [4.69, 9.17) is 0 Å². The van der Waals surface area contributed by atoms with Crippen molar-refractivity contribution in [1.29, 1.82) is 0 Å². The van der Waals surface area contributed by atoms with Gasteiger partial charge in [-0.15, -0.1) is 5.10 Å². The van der Waals surface area contributed by atoms with E-state index in [0.29, 0.717) is 17.0 Å². The number of benzene rings is 2. The van der Waals surface area contributed by atoms with Crippen molar-refractivity contribution in [3.8, 4) is 5.69 Å². The van der Waals surface area contributed by atoms with Gasteiger partial charge in [-0.25, -0.2) is 4.68 Å². The molecule has 9 heteroatoms. The van der Waals surface area contributed by atoms with Crippen molar-refractivity contribution in [3.63, 3.8) is 0 Å². The van der Waals surface area contributed by atoms with E-state index in [1.807, 2.05) is 30.3 Å². The van der Waals surface area contributed by atoms with Crippen LogP contribution in [0.1, 0.15) is 45.2 Å². The highest BCUT2D eigenvalue weighted by Gasteiger charge is 2.27. The first-order chi connectivity index (χ1) is 14.7. The average Bonchev–Trinajstić information content (AvgIpc) is 3.50. The number of pyridine rings is 1. The number of nitrogens with zero attached hydrogens (tertiary/aromatic N) is 5. The number of nitrogens with one attached hydrogen (secondary N) is 2. The molecule has 1 aliphatic carbocycles. The standard InChI is InChI=1S/C21H17N7O2/c29-20(14-7-9-15(10-8-14)28-12-22-26-27-28)24-25-21(30)17-11-19(13-5-6-13)23-18-4-2-1-3-16(17)18/h1-4,7-13H,5-6H2,(H,24,29)(H,25,30). The number of amides is 2. The SMILES string of the molecule is O=C(NNC(=O)c1cc(C2CC2)nc2ccccc12)c1ccc(-n2cnnn2)cc1. The molecule has 9 nitrogen and oxygen atoms in total. The predicted molar refractivity (Wildman–Crippen MR) is 108 cm³/mol. The minimum Gasteiger partial charge on any atom is -0.267 e. The van der Waals surface area contributed by atoms with Crippen LogP contribution in [-0.4, -0.2) is 37.0 Å². The summed E-state index contributed by atoms with van der Waals surface area (Å²) in [6.07, 6.45) is 3.64. The molecule has 0 bridgehead atoms. The minimum atomic E-state index is -0.424. The fourth-order valence-electron chi connectivity index (χ4n) is 3.27. The summed E-state index contributed by atoms with van der Waals surface area (Å²) in [5.41, 5.74) is 8.29. The Bertz CT molecular complexity index is 1230. The van der Waals surface area contributed by atoms with Gasteiger partial charge in [0.1, 0.15) is 6.33 Å². The van der Waals surface area contributed by atoms with Gasteiger partial charge in [-0.2, -0.15) is 0 Å². The normalized spacial score (nSPS) is 13.2. The quantitative estimate of drug-likeness (QED) is 0.508. The van der Waals surface area contributed by atoms with Crippen molar-refractivity contribution in [3.05, 3.63) is 77.7 Å². The fraction of sp³-hybridized carbons (Fsp3) is 0.143. The molecule has 5 rings (SSSR count). The molecule has 0 radical (unpaired) electrons. The molecule has 0 saturated heterocycles. The lowest BCUT2D eigenvalue weighted by atomic mass is 10.1. The van der Waals surface area contributed by atoms with E-state index < -0.39 is 5.91 Å². The fourth-order valence-corrected chi connectivity index (χ4v) is 3.27. The molecule has 1 fully saturated rings. The zero-order valence-corrected chi connectivity index (χ0v) is 15.8. The number of carbonyl (C=O) groups is 2. The number of hydrazine groups is 1. The van der Waals surface area contributed by atoms with Crippen LogP contribution in [0, 0.1) is 0 Å². The summed E-state index contributed by atoms with van der Waals surface area (Å²) in [5.74, 6) is -0.393. The van der Waals surface area contributed by atoms with Gasteiger partial charge in [0, 0.05) is 22.6 Å². The summed E-state index contributed by atoms with van der Waals surface area (Å²) < 4.78 is 1.48. The van der Waals surface area contributed by atoms with E-state index in [1.54, 1.807) is 24.3 Å². The number of hydrogen-bond acceptors (Lipinski definition) is 6. The number of para-hydroxylation sites is 1. The molecule has 2 aromatic heterocycles. The van der Waals surface area contributed by atoms with Crippen LogP contribution in [-0.2, 0) is 0 Å². The highest BCUT2D eigenvalue weighted by Crippen LogP contribution is 2.40. The maximum absolute atomic E-state index is 12.8. The highest BCUT2D eigenvalue weighted by atomic mass is 16.2. The second-order valence-electron chi connectivity index (χ2n) is 7.10. The van der Waals surface area contributed by atoms with Crippen molar-refractivity contribution < 1.29 is 9.59 Å². The number of carbonyl (C=O) groups excluding carboxylic acids is 2. The van der Waals surface area contributed by atoms with E-state index in [0.717, 1.165) is 35.1 Å². The Kier molecular flexibility index (Phi) is 4.40. The Hall–Kier alpha value is -4.14. The second-order valence-corrected chi connectivity index (χ2v) is 7.10. The number of rotatable bonds is 4. The molecule has 2 amide bonds. The van der Waals surface area contributed by atoms with Crippen LogP contribution in [0.25, 0.3) is 16.6 Å². The van der Waals surface area contributed by atoms with Crippen molar-refractivity contribution >= 4 is 22.7 Å². The van der Waals surface area contributed by atoms with Gasteiger partial charge in [0.05, 0.1) is 16.8 Å². The smallest absolute Gasteiger partial charge is 0.267 e. The van der Waals surface area contributed by atoms with Crippen LogP contribution in [0.5, 0.6) is 0 Å². The van der Waals surface area contributed by atoms with E-state index in [1.165, 1.54) is 11.0 Å². The molecule has 0 aliphatic heterocycles. The molecule has 0 unspecified atom stereocenters. The third-order valence-corrected chi connectivity index (χ3v) is 5.01. The highest BCUT2D eigenvalue weighted by molar-refractivity contribution is 6.07. The summed E-state index contributed by atoms with van der Waals surface area (Å²) in [6, 6.07) is 16.0. The monoisotopic (exact) mass is 399 g/mol. The third-order valence-electron chi connectivity index (χ3n) is 5.01. The van der Waals surface area contributed by atoms with Gasteiger partial charge in [-0.05, 0) is 59.7 Å². The molecular weight excluding hydrogens is 382 g/mol. The maximum Gasteiger partial charge on any atom is 0.270 e. The van der Waals surface area contributed by atoms with Gasteiger partial charge >= 0.3 is 0 Å². The van der Waals surface area contributed by atoms with Crippen molar-refractivity contribution in [2.75, 3.05) is 0 Å². The molecule has 0 atom stereocenters. The lowest BCUT2D eigenvalue weighted by Gasteiger charge is -2.11. The zero-order chi connectivity index (χ0) is 20.5. The van der Waals surface area contributed by atoms with Crippen LogP contribution in [0.3, 0.4) is 0 Å². The predicted octanol–water partition coefficient (Wildman–Crippen LogP) is 2.16. The van der Waals surface area contributed by atoms with Gasteiger partial charge in [0.15, 0.2) is 0 Å². The lowest BCUT2D eigenvalue weighted by molar-refractivity contribution is 0.0847. The molecule has 2 aromatic carbocycles. The molecule has 1 aliphatic rings. The Balaban J connectivity index is 1.32. The number of aromatic nitrogens is 5. The Morgan fingerprint density at radius 2 is 1.73 bits per heavy atom. The van der Waals surface area contributed by atoms with E-state index in [-0.39, 0.29) is 5.91 Å². The number of fused-ring (bicyclic) bond motifs is 1. The van der Waals surface area contributed by atoms with Crippen LogP contribution in [0.2, 0.25) is 0 Å². The molecule has 30 heavy (non-hydrogen) atoms. The molecule has 2 N–H and O–H groups in total. The Morgan fingerprint density at radius 3 is 2.47 bits per heavy atom. The van der Waals surface area contributed by atoms with Crippen molar-refractivity contribution in [2.24, 2.45) is 0 Å². The number of hydrogen-bond donors (Lipinski definition) is 2. The van der Waals surface area contributed by atoms with E-state index in [9.17, 15) is 9.59 Å². The van der Waals surface area contributed by atoms with Crippen LogP contribution < -0.4 is 10.9 Å². The first-order valence-electron chi connectivity index (χ1n) is 9.53. The van der Waals surface area contributed by atoms with Crippen molar-refractivity contribution in [1.82, 2.24) is 36.0 Å². The Labute approximate surface area is 171 Å². The van der Waals surface area contributed by atoms with Crippen LogP contribution in [0.15, 0.2) is 60.9 Å². The first kappa shape index (κ1) is 17.9. The summed E-state index contributed by atoms with van der Waals surface area (Å²) >= 11 is 0.